The Kier molecular flexibility index (Phi) is 3.48. The van der Waals surface area contributed by atoms with Crippen LogP contribution in [0.5, 0.6) is 0 Å². The van der Waals surface area contributed by atoms with E-state index in [1.807, 2.05) is 4.90 Å². The second-order valence-electron chi connectivity index (χ2n) is 3.41. The maximum Gasteiger partial charge on any atom is 0.120 e. The molecule has 0 aliphatic carbocycles. The molecule has 1 saturated heterocycles. The smallest absolute Gasteiger partial charge is 0.120 e. The summed E-state index contributed by atoms with van der Waals surface area (Å²) < 4.78 is 0. The molecular formula is C9H14ClN3. The van der Waals surface area contributed by atoms with Gasteiger partial charge in [-0.15, -0.1) is 0 Å². The summed E-state index contributed by atoms with van der Waals surface area (Å²) in [7, 11) is 0. The molecule has 0 aromatic carbocycles. The summed E-state index contributed by atoms with van der Waals surface area (Å²) in [6, 6.07) is 0. The third kappa shape index (κ3) is 3.19. The Morgan fingerprint density at radius 3 is 2.62 bits per heavy atom. The topological polar surface area (TPSA) is 50.9 Å². The van der Waals surface area contributed by atoms with E-state index >= 15 is 0 Å². The highest BCUT2D eigenvalue weighted by atomic mass is 35.5. The fourth-order valence-electron chi connectivity index (χ4n) is 1.41. The van der Waals surface area contributed by atoms with Gasteiger partial charge in [0.05, 0.1) is 0 Å². The molecule has 13 heavy (non-hydrogen) atoms. The predicted octanol–water partition coefficient (Wildman–Crippen LogP) is 2.08. The summed E-state index contributed by atoms with van der Waals surface area (Å²) in [6.45, 7) is 4.07. The number of allylic oxidation sites excluding steroid dienone is 1. The summed E-state index contributed by atoms with van der Waals surface area (Å²) >= 11 is 5.34. The van der Waals surface area contributed by atoms with Crippen LogP contribution in [0.25, 0.3) is 0 Å². The molecule has 0 bridgehead atoms. The van der Waals surface area contributed by atoms with Crippen LogP contribution in [-0.4, -0.2) is 29.0 Å². The first-order valence-electron chi connectivity index (χ1n) is 4.35. The van der Waals surface area contributed by atoms with Crippen LogP contribution in [0.2, 0.25) is 0 Å². The summed E-state index contributed by atoms with van der Waals surface area (Å²) in [4.78, 5) is 2.00. The zero-order valence-electron chi connectivity index (χ0n) is 7.68. The van der Waals surface area contributed by atoms with E-state index in [2.05, 4.69) is 6.92 Å². The minimum absolute atomic E-state index is 0.0306. The van der Waals surface area contributed by atoms with Gasteiger partial charge in [-0.1, -0.05) is 18.5 Å². The third-order valence-corrected chi connectivity index (χ3v) is 2.28. The quantitative estimate of drug-likeness (QED) is 0.519. The molecule has 2 N–H and O–H groups in total. The van der Waals surface area contributed by atoms with Gasteiger partial charge in [-0.05, 0) is 24.5 Å². The lowest BCUT2D eigenvalue weighted by Gasteiger charge is -2.15. The second kappa shape index (κ2) is 4.42. The van der Waals surface area contributed by atoms with Gasteiger partial charge in [0, 0.05) is 13.1 Å². The molecule has 1 heterocycles. The fourth-order valence-corrected chi connectivity index (χ4v) is 1.47. The maximum absolute atomic E-state index is 7.65. The second-order valence-corrected chi connectivity index (χ2v) is 3.81. The molecule has 1 aliphatic heterocycles. The highest BCUT2D eigenvalue weighted by molar-refractivity contribution is 6.67. The zero-order chi connectivity index (χ0) is 9.84. The van der Waals surface area contributed by atoms with E-state index in [4.69, 9.17) is 22.4 Å². The SMILES string of the molecule is CC1CCN(C(=N)/C=C\C(=N)Cl)C1. The van der Waals surface area contributed by atoms with Crippen LogP contribution in [0, 0.1) is 16.7 Å². The Labute approximate surface area is 83.4 Å². The summed E-state index contributed by atoms with van der Waals surface area (Å²) in [5.74, 6) is 1.12. The van der Waals surface area contributed by atoms with Crippen LogP contribution in [0.1, 0.15) is 13.3 Å². The number of nitrogens with one attached hydrogen (secondary N) is 2. The monoisotopic (exact) mass is 199 g/mol. The van der Waals surface area contributed by atoms with Crippen molar-refractivity contribution in [2.24, 2.45) is 5.92 Å². The lowest BCUT2D eigenvalue weighted by molar-refractivity contribution is 0.494. The van der Waals surface area contributed by atoms with Crippen molar-refractivity contribution in [2.45, 2.75) is 13.3 Å². The number of rotatable bonds is 2. The maximum atomic E-state index is 7.65. The van der Waals surface area contributed by atoms with E-state index in [1.54, 1.807) is 6.08 Å². The van der Waals surface area contributed by atoms with Crippen LogP contribution < -0.4 is 0 Å². The molecule has 1 atom stereocenters. The minimum Gasteiger partial charge on any atom is -0.357 e. The molecule has 4 heteroatoms. The van der Waals surface area contributed by atoms with Crippen LogP contribution in [0.3, 0.4) is 0 Å². The Balaban J connectivity index is 2.44. The molecule has 3 nitrogen and oxygen atoms in total. The highest BCUT2D eigenvalue weighted by Crippen LogP contribution is 2.15. The number of amidine groups is 1. The lowest BCUT2D eigenvalue weighted by atomic mass is 10.2. The molecule has 0 aromatic rings. The molecule has 0 amide bonds. The van der Waals surface area contributed by atoms with Crippen LogP contribution >= 0.6 is 11.6 Å². The van der Waals surface area contributed by atoms with Gasteiger partial charge in [-0.25, -0.2) is 0 Å². The van der Waals surface area contributed by atoms with Crippen LogP contribution in [-0.2, 0) is 0 Å². The van der Waals surface area contributed by atoms with Gasteiger partial charge in [0.25, 0.3) is 0 Å². The van der Waals surface area contributed by atoms with Crippen molar-refractivity contribution in [1.82, 2.24) is 4.90 Å². The first-order valence-corrected chi connectivity index (χ1v) is 4.73. The van der Waals surface area contributed by atoms with Gasteiger partial charge in [-0.3, -0.25) is 10.8 Å². The largest absolute Gasteiger partial charge is 0.357 e. The lowest BCUT2D eigenvalue weighted by Crippen LogP contribution is -2.26. The van der Waals surface area contributed by atoms with E-state index in [1.165, 1.54) is 6.08 Å². The molecule has 0 saturated carbocycles. The number of hydrogen-bond donors (Lipinski definition) is 2. The molecule has 72 valence electrons. The molecular weight excluding hydrogens is 186 g/mol. The van der Waals surface area contributed by atoms with Gasteiger partial charge in [-0.2, -0.15) is 0 Å². The third-order valence-electron chi connectivity index (χ3n) is 2.15. The first-order chi connectivity index (χ1) is 6.09. The van der Waals surface area contributed by atoms with Crippen molar-refractivity contribution in [1.29, 1.82) is 10.8 Å². The molecule has 0 aromatic heterocycles. The Morgan fingerprint density at radius 1 is 1.46 bits per heavy atom. The Hall–Kier alpha value is -0.830. The number of halogens is 1. The van der Waals surface area contributed by atoms with Crippen LogP contribution in [0.15, 0.2) is 12.2 Å². The van der Waals surface area contributed by atoms with E-state index in [-0.39, 0.29) is 5.17 Å². The van der Waals surface area contributed by atoms with E-state index < -0.39 is 0 Å². The molecule has 0 radical (unpaired) electrons. The normalized spacial score (nSPS) is 22.6. The number of hydrogen-bond acceptors (Lipinski definition) is 2. The number of likely N-dealkylation sites (tertiary alicyclic amines) is 1. The van der Waals surface area contributed by atoms with Crippen molar-refractivity contribution in [3.63, 3.8) is 0 Å². The molecule has 1 rings (SSSR count). The molecule has 1 unspecified atom stereocenters. The summed E-state index contributed by atoms with van der Waals surface area (Å²) in [6.07, 6.45) is 4.16. The van der Waals surface area contributed by atoms with Crippen LogP contribution in [0.4, 0.5) is 0 Å². The van der Waals surface area contributed by atoms with Gasteiger partial charge >= 0.3 is 0 Å². The van der Waals surface area contributed by atoms with Gasteiger partial charge in [0.1, 0.15) is 11.0 Å². The summed E-state index contributed by atoms with van der Waals surface area (Å²) in [5.41, 5.74) is 0. The fraction of sp³-hybridized carbons (Fsp3) is 0.556. The molecule has 0 spiro atoms. The van der Waals surface area contributed by atoms with Crippen molar-refractivity contribution in [3.8, 4) is 0 Å². The average Bonchev–Trinajstić information content (AvgIpc) is 2.47. The van der Waals surface area contributed by atoms with E-state index in [0.717, 1.165) is 19.5 Å². The molecule has 1 aliphatic rings. The first kappa shape index (κ1) is 10.3. The predicted molar refractivity (Wildman–Crippen MR) is 55.8 cm³/mol. The molecule has 1 fully saturated rings. The standard InChI is InChI=1S/C9H14ClN3/c1-7-4-5-13(6-7)9(12)3-2-8(10)11/h2-3,7,11-12H,4-6H2,1H3/b3-2-,11-8?,12-9?. The average molecular weight is 200 g/mol. The highest BCUT2D eigenvalue weighted by Gasteiger charge is 2.19. The minimum atomic E-state index is -0.0306. The van der Waals surface area contributed by atoms with Gasteiger partial charge in [0.15, 0.2) is 0 Å². The van der Waals surface area contributed by atoms with Crippen molar-refractivity contribution in [3.05, 3.63) is 12.2 Å². The van der Waals surface area contributed by atoms with E-state index in [9.17, 15) is 0 Å². The summed E-state index contributed by atoms with van der Waals surface area (Å²) in [5, 5.41) is 14.6. The number of nitrogens with zero attached hydrogens (tertiary/aromatic N) is 1. The van der Waals surface area contributed by atoms with E-state index in [0.29, 0.717) is 11.8 Å². The zero-order valence-corrected chi connectivity index (χ0v) is 8.43. The van der Waals surface area contributed by atoms with Gasteiger partial charge in [0.2, 0.25) is 0 Å². The van der Waals surface area contributed by atoms with Crippen molar-refractivity contribution >= 4 is 22.6 Å². The van der Waals surface area contributed by atoms with Crippen molar-refractivity contribution in [2.75, 3.05) is 13.1 Å². The Bertz CT molecular complexity index is 247. The Morgan fingerprint density at radius 2 is 2.15 bits per heavy atom. The van der Waals surface area contributed by atoms with Crippen molar-refractivity contribution < 1.29 is 0 Å². The van der Waals surface area contributed by atoms with Gasteiger partial charge < -0.3 is 4.90 Å².